The molecule has 2 saturated heterocycles. The van der Waals surface area contributed by atoms with E-state index >= 15 is 0 Å². The summed E-state index contributed by atoms with van der Waals surface area (Å²) in [6, 6.07) is 3.62. The van der Waals surface area contributed by atoms with Gasteiger partial charge in [-0.25, -0.2) is 4.79 Å². The van der Waals surface area contributed by atoms with Crippen LogP contribution in [0.1, 0.15) is 56.0 Å². The van der Waals surface area contributed by atoms with Gasteiger partial charge in [0.25, 0.3) is 5.91 Å². The number of likely N-dealkylation sites (tertiary alicyclic amines) is 1. The summed E-state index contributed by atoms with van der Waals surface area (Å²) in [7, 11) is 0. The summed E-state index contributed by atoms with van der Waals surface area (Å²) in [5.41, 5.74) is 0.823. The molecule has 3 heterocycles. The molecule has 3 aliphatic rings. The summed E-state index contributed by atoms with van der Waals surface area (Å²) in [6.45, 7) is 5.87. The fraction of sp³-hybridized carbons (Fsp3) is 0.500. The molecule has 0 saturated carbocycles. The monoisotopic (exact) mass is 442 g/mol. The maximum atomic E-state index is 12.9. The molecule has 0 radical (unpaired) electrons. The number of hydrogen-bond donors (Lipinski definition) is 2. The van der Waals surface area contributed by atoms with Crippen LogP contribution in [0.25, 0.3) is 0 Å². The van der Waals surface area contributed by atoms with E-state index in [2.05, 4.69) is 10.6 Å². The maximum Gasteiger partial charge on any atom is 0.410 e. The van der Waals surface area contributed by atoms with Crippen LogP contribution in [0.2, 0.25) is 0 Å². The fourth-order valence-electron chi connectivity index (χ4n) is 4.12. The average Bonchev–Trinajstić information content (AvgIpc) is 2.97. The van der Waals surface area contributed by atoms with Crippen molar-refractivity contribution in [2.75, 3.05) is 11.9 Å². The van der Waals surface area contributed by atoms with Crippen LogP contribution in [-0.2, 0) is 25.7 Å². The number of nitrogens with one attached hydrogen (secondary N) is 2. The Hall–Kier alpha value is -3.43. The van der Waals surface area contributed by atoms with Gasteiger partial charge in [-0.2, -0.15) is 0 Å². The highest BCUT2D eigenvalue weighted by atomic mass is 16.6. The van der Waals surface area contributed by atoms with Crippen LogP contribution >= 0.6 is 0 Å². The number of hydrogen-bond acceptors (Lipinski definition) is 6. The fourth-order valence-corrected chi connectivity index (χ4v) is 4.12. The van der Waals surface area contributed by atoms with Crippen molar-refractivity contribution in [1.82, 2.24) is 15.1 Å². The molecule has 10 heteroatoms. The van der Waals surface area contributed by atoms with Gasteiger partial charge in [0.15, 0.2) is 0 Å². The zero-order valence-corrected chi connectivity index (χ0v) is 18.3. The molecule has 0 aromatic heterocycles. The van der Waals surface area contributed by atoms with Crippen molar-refractivity contribution >= 4 is 35.4 Å². The number of imide groups is 1. The van der Waals surface area contributed by atoms with E-state index < -0.39 is 29.7 Å². The predicted octanol–water partition coefficient (Wildman–Crippen LogP) is 1.40. The zero-order valence-electron chi connectivity index (χ0n) is 18.3. The lowest BCUT2D eigenvalue weighted by atomic mass is 10.0. The molecule has 1 aromatic carbocycles. The minimum Gasteiger partial charge on any atom is -0.444 e. The first-order valence-electron chi connectivity index (χ1n) is 10.6. The van der Waals surface area contributed by atoms with Crippen molar-refractivity contribution in [3.05, 3.63) is 29.3 Å². The molecule has 2 N–H and O–H groups in total. The van der Waals surface area contributed by atoms with Gasteiger partial charge >= 0.3 is 6.09 Å². The Morgan fingerprint density at radius 3 is 2.53 bits per heavy atom. The number of carbonyl (C=O) groups is 5. The highest BCUT2D eigenvalue weighted by Gasteiger charge is 2.42. The van der Waals surface area contributed by atoms with Crippen LogP contribution in [-0.4, -0.2) is 63.8 Å². The second kappa shape index (κ2) is 7.92. The predicted molar refractivity (Wildman–Crippen MR) is 112 cm³/mol. The first-order valence-corrected chi connectivity index (χ1v) is 10.6. The summed E-state index contributed by atoms with van der Waals surface area (Å²) in [5, 5.41) is 5.10. The molecule has 2 fully saturated rings. The van der Waals surface area contributed by atoms with Gasteiger partial charge < -0.3 is 15.0 Å². The Morgan fingerprint density at radius 1 is 1.16 bits per heavy atom. The van der Waals surface area contributed by atoms with Crippen molar-refractivity contribution in [1.29, 1.82) is 0 Å². The summed E-state index contributed by atoms with van der Waals surface area (Å²) in [4.78, 5) is 64.6. The zero-order chi connectivity index (χ0) is 23.2. The summed E-state index contributed by atoms with van der Waals surface area (Å²) in [5.74, 6) is -1.51. The third-order valence-corrected chi connectivity index (χ3v) is 5.79. The van der Waals surface area contributed by atoms with E-state index in [1.807, 2.05) is 0 Å². The molecule has 5 amide bonds. The van der Waals surface area contributed by atoms with E-state index in [9.17, 15) is 24.0 Å². The van der Waals surface area contributed by atoms with Gasteiger partial charge in [-0.1, -0.05) is 6.07 Å². The molecule has 4 rings (SSSR count). The summed E-state index contributed by atoms with van der Waals surface area (Å²) < 4.78 is 5.35. The number of carbonyl (C=O) groups excluding carboxylic acids is 5. The van der Waals surface area contributed by atoms with E-state index in [4.69, 9.17) is 4.74 Å². The van der Waals surface area contributed by atoms with Gasteiger partial charge in [-0.05, 0) is 45.7 Å². The topological polar surface area (TPSA) is 125 Å². The third kappa shape index (κ3) is 4.04. The molecule has 170 valence electrons. The van der Waals surface area contributed by atoms with E-state index in [1.165, 1.54) is 9.80 Å². The van der Waals surface area contributed by atoms with Crippen molar-refractivity contribution in [2.24, 2.45) is 0 Å². The Balaban J connectivity index is 1.47. The van der Waals surface area contributed by atoms with Gasteiger partial charge in [0.1, 0.15) is 17.7 Å². The normalized spacial score (nSPS) is 22.8. The number of amides is 5. The lowest BCUT2D eigenvalue weighted by Crippen LogP contribution is -2.57. The van der Waals surface area contributed by atoms with Gasteiger partial charge in [0.2, 0.25) is 17.7 Å². The quantitative estimate of drug-likeness (QED) is 0.682. The lowest BCUT2D eigenvalue weighted by Gasteiger charge is -2.40. The Kier molecular flexibility index (Phi) is 5.39. The van der Waals surface area contributed by atoms with Crippen LogP contribution < -0.4 is 10.6 Å². The number of anilines is 1. The SMILES string of the molecule is CC(C)(C)OC(=O)N1CC[C@@H]1C(=O)Nc1cccc2c1CN(C1CCC(=O)NC1=O)C2=O. The number of fused-ring (bicyclic) bond motifs is 1. The van der Waals surface area contributed by atoms with Crippen molar-refractivity contribution in [3.63, 3.8) is 0 Å². The van der Waals surface area contributed by atoms with E-state index in [-0.39, 0.29) is 37.1 Å². The third-order valence-electron chi connectivity index (χ3n) is 5.79. The largest absolute Gasteiger partial charge is 0.444 e. The highest BCUT2D eigenvalue weighted by Crippen LogP contribution is 2.33. The molecule has 1 unspecified atom stereocenters. The lowest BCUT2D eigenvalue weighted by molar-refractivity contribution is -0.137. The van der Waals surface area contributed by atoms with Crippen molar-refractivity contribution in [2.45, 2.75) is 64.3 Å². The molecule has 2 atom stereocenters. The van der Waals surface area contributed by atoms with Crippen molar-refractivity contribution < 1.29 is 28.7 Å². The average molecular weight is 442 g/mol. The first-order chi connectivity index (χ1) is 15.0. The van der Waals surface area contributed by atoms with Crippen molar-refractivity contribution in [3.8, 4) is 0 Å². The molecule has 0 bridgehead atoms. The summed E-state index contributed by atoms with van der Waals surface area (Å²) in [6.07, 6.45) is 0.407. The molecule has 32 heavy (non-hydrogen) atoms. The Labute approximate surface area is 185 Å². The molecule has 3 aliphatic heterocycles. The second-order valence-electron chi connectivity index (χ2n) is 9.20. The molecule has 0 aliphatic carbocycles. The minimum atomic E-state index is -0.731. The van der Waals surface area contributed by atoms with Gasteiger partial charge in [0, 0.05) is 36.3 Å². The van der Waals surface area contributed by atoms with Gasteiger partial charge in [-0.15, -0.1) is 0 Å². The van der Waals surface area contributed by atoms with E-state index in [0.717, 1.165) is 0 Å². The number of nitrogens with zero attached hydrogens (tertiary/aromatic N) is 2. The number of rotatable bonds is 3. The standard InChI is InChI=1S/C22H26N4O6/c1-22(2,3)32-21(31)25-10-9-16(25)18(28)23-14-6-4-5-12-13(14)11-26(20(12)30)15-7-8-17(27)24-19(15)29/h4-6,15-16H,7-11H2,1-3H3,(H,23,28)(H,24,27,29)/t15?,16-/m1/s1. The maximum absolute atomic E-state index is 12.9. The first kappa shape index (κ1) is 21.8. The summed E-state index contributed by atoms with van der Waals surface area (Å²) >= 11 is 0. The molecular formula is C22H26N4O6. The van der Waals surface area contributed by atoms with Crippen LogP contribution in [0.15, 0.2) is 18.2 Å². The molecular weight excluding hydrogens is 416 g/mol. The van der Waals surface area contributed by atoms with Gasteiger partial charge in [-0.3, -0.25) is 29.4 Å². The number of ether oxygens (including phenoxy) is 1. The smallest absolute Gasteiger partial charge is 0.410 e. The Morgan fingerprint density at radius 2 is 1.91 bits per heavy atom. The Bertz CT molecular complexity index is 1010. The van der Waals surface area contributed by atoms with Crippen LogP contribution in [0.5, 0.6) is 0 Å². The van der Waals surface area contributed by atoms with Crippen LogP contribution in [0.3, 0.4) is 0 Å². The number of piperidine rings is 1. The second-order valence-corrected chi connectivity index (χ2v) is 9.20. The van der Waals surface area contributed by atoms with E-state index in [0.29, 0.717) is 29.8 Å². The molecule has 1 aromatic rings. The van der Waals surface area contributed by atoms with Gasteiger partial charge in [0.05, 0.1) is 0 Å². The molecule has 10 nitrogen and oxygen atoms in total. The van der Waals surface area contributed by atoms with Crippen LogP contribution in [0.4, 0.5) is 10.5 Å². The highest BCUT2D eigenvalue weighted by molar-refractivity contribution is 6.07. The number of benzene rings is 1. The molecule has 0 spiro atoms. The minimum absolute atomic E-state index is 0.150. The van der Waals surface area contributed by atoms with E-state index in [1.54, 1.807) is 39.0 Å². The van der Waals surface area contributed by atoms with Crippen LogP contribution in [0, 0.1) is 0 Å².